The lowest BCUT2D eigenvalue weighted by molar-refractivity contribution is 0.0661. The third kappa shape index (κ3) is 2.97. The number of hydrogen-bond acceptors (Lipinski definition) is 5. The van der Waals surface area contributed by atoms with Gasteiger partial charge in [-0.3, -0.25) is 4.90 Å². The van der Waals surface area contributed by atoms with Crippen molar-refractivity contribution in [2.24, 2.45) is 0 Å². The number of hydrogen-bond donors (Lipinski definition) is 2. The number of aryl methyl sites for hydroxylation is 1. The summed E-state index contributed by atoms with van der Waals surface area (Å²) >= 11 is 0. The first kappa shape index (κ1) is 14.6. The molecule has 0 amide bonds. The number of sulfonamides is 1. The maximum absolute atomic E-state index is 12.4. The largest absolute Gasteiger partial charge is 0.475 e. The zero-order chi connectivity index (χ0) is 15.2. The van der Waals surface area contributed by atoms with Crippen LogP contribution in [0.1, 0.15) is 35.6 Å². The van der Waals surface area contributed by atoms with Gasteiger partial charge in [-0.1, -0.05) is 0 Å². The average molecular weight is 314 g/mol. The Morgan fingerprint density at radius 1 is 1.43 bits per heavy atom. The maximum Gasteiger partial charge on any atom is 0.371 e. The van der Waals surface area contributed by atoms with Crippen molar-refractivity contribution in [3.8, 4) is 0 Å². The minimum atomic E-state index is -3.75. The Kier molecular flexibility index (Phi) is 3.54. The second kappa shape index (κ2) is 5.11. The fourth-order valence-corrected chi connectivity index (χ4v) is 4.22. The maximum atomic E-state index is 12.4. The molecule has 0 radical (unpaired) electrons. The van der Waals surface area contributed by atoms with E-state index in [9.17, 15) is 13.2 Å². The molecule has 2 heterocycles. The second-order valence-corrected chi connectivity index (χ2v) is 7.35. The molecule has 7 nitrogen and oxygen atoms in total. The standard InChI is InChI=1S/C13H18N2O5S/c1-8-12(6-11(20-8)13(16)17)21(18,19)14-9-4-5-15(7-9)10-2-3-10/h6,9-10,14H,2-5,7H2,1H3,(H,16,17). The van der Waals surface area contributed by atoms with E-state index in [2.05, 4.69) is 9.62 Å². The highest BCUT2D eigenvalue weighted by molar-refractivity contribution is 7.89. The van der Waals surface area contributed by atoms with Crippen molar-refractivity contribution in [2.75, 3.05) is 13.1 Å². The van der Waals surface area contributed by atoms with Gasteiger partial charge in [0.25, 0.3) is 0 Å². The van der Waals surface area contributed by atoms with E-state index in [0.717, 1.165) is 19.0 Å². The molecule has 1 aromatic heterocycles. The summed E-state index contributed by atoms with van der Waals surface area (Å²) in [6, 6.07) is 1.56. The fourth-order valence-electron chi connectivity index (χ4n) is 2.78. The molecule has 0 aromatic carbocycles. The molecule has 21 heavy (non-hydrogen) atoms. The SMILES string of the molecule is Cc1oc(C(=O)O)cc1S(=O)(=O)NC1CCN(C2CC2)C1. The van der Waals surface area contributed by atoms with Crippen LogP contribution in [0.5, 0.6) is 0 Å². The fraction of sp³-hybridized carbons (Fsp3) is 0.615. The molecule has 1 unspecified atom stereocenters. The summed E-state index contributed by atoms with van der Waals surface area (Å²) in [5, 5.41) is 8.86. The van der Waals surface area contributed by atoms with Crippen molar-refractivity contribution < 1.29 is 22.7 Å². The van der Waals surface area contributed by atoms with E-state index < -0.39 is 16.0 Å². The lowest BCUT2D eigenvalue weighted by Gasteiger charge is -2.15. The minimum absolute atomic E-state index is 0.0928. The zero-order valence-corrected chi connectivity index (χ0v) is 12.5. The summed E-state index contributed by atoms with van der Waals surface area (Å²) in [6.07, 6.45) is 3.17. The minimum Gasteiger partial charge on any atom is -0.475 e. The second-order valence-electron chi connectivity index (χ2n) is 5.67. The number of furan rings is 1. The van der Waals surface area contributed by atoms with Crippen molar-refractivity contribution in [2.45, 2.75) is 43.2 Å². The summed E-state index contributed by atoms with van der Waals surface area (Å²) in [7, 11) is -3.75. The third-order valence-corrected chi connectivity index (χ3v) is 5.61. The predicted octanol–water partition coefficient (Wildman–Crippen LogP) is 0.801. The van der Waals surface area contributed by atoms with Gasteiger partial charge in [0.2, 0.25) is 15.8 Å². The Hall–Kier alpha value is -1.38. The van der Waals surface area contributed by atoms with E-state index in [4.69, 9.17) is 9.52 Å². The van der Waals surface area contributed by atoms with Crippen molar-refractivity contribution in [3.05, 3.63) is 17.6 Å². The lowest BCUT2D eigenvalue weighted by Crippen LogP contribution is -2.37. The van der Waals surface area contributed by atoms with Crippen LogP contribution in [0.3, 0.4) is 0 Å². The van der Waals surface area contributed by atoms with Gasteiger partial charge in [-0.15, -0.1) is 0 Å². The van der Waals surface area contributed by atoms with Gasteiger partial charge in [0.15, 0.2) is 0 Å². The average Bonchev–Trinajstić information content (AvgIpc) is 3.01. The summed E-state index contributed by atoms with van der Waals surface area (Å²) in [6.45, 7) is 3.07. The number of carboxylic acid groups (broad SMARTS) is 1. The Balaban J connectivity index is 1.73. The van der Waals surface area contributed by atoms with Crippen molar-refractivity contribution in [1.29, 1.82) is 0 Å². The Labute approximate surface area is 123 Å². The Morgan fingerprint density at radius 2 is 2.14 bits per heavy atom. The molecular weight excluding hydrogens is 296 g/mol. The molecule has 2 aliphatic rings. The number of carbonyl (C=O) groups is 1. The molecular formula is C13H18N2O5S. The number of aromatic carboxylic acids is 1. The van der Waals surface area contributed by atoms with Gasteiger partial charge in [0, 0.05) is 31.2 Å². The van der Waals surface area contributed by atoms with Gasteiger partial charge in [-0.05, 0) is 26.2 Å². The third-order valence-electron chi connectivity index (χ3n) is 3.98. The highest BCUT2D eigenvalue weighted by atomic mass is 32.2. The van der Waals surface area contributed by atoms with Crippen LogP contribution in [0.25, 0.3) is 0 Å². The molecule has 0 bridgehead atoms. The molecule has 2 N–H and O–H groups in total. The molecule has 0 spiro atoms. The van der Waals surface area contributed by atoms with Gasteiger partial charge in [-0.25, -0.2) is 17.9 Å². The molecule has 1 aliphatic heterocycles. The van der Waals surface area contributed by atoms with Crippen molar-refractivity contribution in [3.63, 3.8) is 0 Å². The highest BCUT2D eigenvalue weighted by Crippen LogP contribution is 2.30. The van der Waals surface area contributed by atoms with Crippen molar-refractivity contribution in [1.82, 2.24) is 9.62 Å². The molecule has 3 rings (SSSR count). The molecule has 1 aliphatic carbocycles. The first-order valence-corrected chi connectivity index (χ1v) is 8.45. The van der Waals surface area contributed by atoms with Gasteiger partial charge in [0.1, 0.15) is 10.7 Å². The van der Waals surface area contributed by atoms with Crippen LogP contribution in [0.2, 0.25) is 0 Å². The van der Waals surface area contributed by atoms with E-state index >= 15 is 0 Å². The van der Waals surface area contributed by atoms with E-state index in [1.54, 1.807) is 0 Å². The van der Waals surface area contributed by atoms with Gasteiger partial charge >= 0.3 is 5.97 Å². The van der Waals surface area contributed by atoms with Crippen LogP contribution in [-0.4, -0.2) is 49.6 Å². The van der Waals surface area contributed by atoms with Crippen LogP contribution in [0, 0.1) is 6.92 Å². The number of nitrogens with zero attached hydrogens (tertiary/aromatic N) is 1. The molecule has 1 saturated heterocycles. The summed E-state index contributed by atoms with van der Waals surface area (Å²) in [5.74, 6) is -1.55. The number of likely N-dealkylation sites (tertiary alicyclic amines) is 1. The van der Waals surface area contributed by atoms with E-state index in [1.165, 1.54) is 19.8 Å². The van der Waals surface area contributed by atoms with E-state index in [0.29, 0.717) is 12.6 Å². The number of carboxylic acids is 1. The van der Waals surface area contributed by atoms with E-state index in [-0.39, 0.29) is 22.5 Å². The number of rotatable bonds is 5. The highest BCUT2D eigenvalue weighted by Gasteiger charge is 2.36. The van der Waals surface area contributed by atoms with Gasteiger partial charge in [-0.2, -0.15) is 0 Å². The van der Waals surface area contributed by atoms with Crippen LogP contribution in [0.4, 0.5) is 0 Å². The smallest absolute Gasteiger partial charge is 0.371 e. The van der Waals surface area contributed by atoms with Crippen LogP contribution in [0.15, 0.2) is 15.4 Å². The van der Waals surface area contributed by atoms with Crippen LogP contribution >= 0.6 is 0 Å². The quantitative estimate of drug-likeness (QED) is 0.834. The molecule has 1 atom stereocenters. The molecule has 8 heteroatoms. The summed E-state index contributed by atoms with van der Waals surface area (Å²) in [5.41, 5.74) is 0. The van der Waals surface area contributed by atoms with Crippen LogP contribution < -0.4 is 4.72 Å². The molecule has 116 valence electrons. The first-order chi connectivity index (χ1) is 9.87. The predicted molar refractivity (Wildman–Crippen MR) is 73.7 cm³/mol. The first-order valence-electron chi connectivity index (χ1n) is 6.97. The summed E-state index contributed by atoms with van der Waals surface area (Å²) < 4.78 is 32.3. The topological polar surface area (TPSA) is 99.8 Å². The Morgan fingerprint density at radius 3 is 2.71 bits per heavy atom. The summed E-state index contributed by atoms with van der Waals surface area (Å²) in [4.78, 5) is 13.1. The zero-order valence-electron chi connectivity index (χ0n) is 11.7. The van der Waals surface area contributed by atoms with Gasteiger partial charge in [0.05, 0.1) is 0 Å². The normalized spacial score (nSPS) is 23.6. The molecule has 2 fully saturated rings. The number of nitrogens with one attached hydrogen (secondary N) is 1. The molecule has 1 saturated carbocycles. The van der Waals surface area contributed by atoms with Crippen LogP contribution in [-0.2, 0) is 10.0 Å². The monoisotopic (exact) mass is 314 g/mol. The molecule has 1 aromatic rings. The van der Waals surface area contributed by atoms with Gasteiger partial charge < -0.3 is 9.52 Å². The Bertz CT molecular complexity index is 662. The van der Waals surface area contributed by atoms with Crippen molar-refractivity contribution >= 4 is 16.0 Å². The van der Waals surface area contributed by atoms with E-state index in [1.807, 2.05) is 0 Å². The lowest BCUT2D eigenvalue weighted by atomic mass is 10.3.